The van der Waals surface area contributed by atoms with Gasteiger partial charge in [0.1, 0.15) is 5.01 Å². The molecule has 2 rings (SSSR count). The van der Waals surface area contributed by atoms with Gasteiger partial charge in [-0.2, -0.15) is 0 Å². The molecule has 21 heavy (non-hydrogen) atoms. The summed E-state index contributed by atoms with van der Waals surface area (Å²) in [6, 6.07) is 0. The van der Waals surface area contributed by atoms with Gasteiger partial charge in [-0.15, -0.1) is 10.2 Å². The van der Waals surface area contributed by atoms with Crippen LogP contribution in [0.2, 0.25) is 0 Å². The number of aromatic nitrogens is 2. The van der Waals surface area contributed by atoms with Crippen LogP contribution in [0, 0.1) is 11.8 Å². The second-order valence-corrected chi connectivity index (χ2v) is 6.93. The molecule has 2 amide bonds. The van der Waals surface area contributed by atoms with Crippen molar-refractivity contribution in [2.24, 2.45) is 11.8 Å². The van der Waals surface area contributed by atoms with Gasteiger partial charge in [0.2, 0.25) is 16.9 Å². The molecular weight excluding hydrogens is 288 g/mol. The van der Waals surface area contributed by atoms with Crippen molar-refractivity contribution in [3.63, 3.8) is 0 Å². The molecule has 1 aromatic rings. The Balaban J connectivity index is 1.84. The summed E-state index contributed by atoms with van der Waals surface area (Å²) >= 11 is 1.44. The highest BCUT2D eigenvalue weighted by atomic mass is 32.1. The van der Waals surface area contributed by atoms with Gasteiger partial charge < -0.3 is 10.2 Å². The summed E-state index contributed by atoms with van der Waals surface area (Å²) in [6.45, 7) is 7.13. The molecule has 1 aliphatic heterocycles. The molecule has 2 heterocycles. The Morgan fingerprint density at radius 1 is 1.33 bits per heavy atom. The lowest BCUT2D eigenvalue weighted by molar-refractivity contribution is -0.132. The Morgan fingerprint density at radius 3 is 2.57 bits per heavy atom. The third-order valence-electron chi connectivity index (χ3n) is 3.59. The first-order chi connectivity index (χ1) is 9.95. The van der Waals surface area contributed by atoms with Crippen molar-refractivity contribution in [1.82, 2.24) is 15.1 Å². The molecule has 0 atom stereocenters. The maximum Gasteiger partial charge on any atom is 0.229 e. The highest BCUT2D eigenvalue weighted by Gasteiger charge is 2.26. The number of likely N-dealkylation sites (tertiary alicyclic amines) is 1. The van der Waals surface area contributed by atoms with E-state index in [1.165, 1.54) is 11.3 Å². The predicted molar refractivity (Wildman–Crippen MR) is 82.1 cm³/mol. The van der Waals surface area contributed by atoms with E-state index in [-0.39, 0.29) is 17.7 Å². The molecule has 1 aromatic heterocycles. The number of carbonyl (C=O) groups excluding carboxylic acids is 2. The molecule has 0 radical (unpaired) electrons. The molecule has 0 spiro atoms. The van der Waals surface area contributed by atoms with Crippen molar-refractivity contribution >= 4 is 28.3 Å². The van der Waals surface area contributed by atoms with Crippen molar-refractivity contribution in [2.45, 2.75) is 40.0 Å². The third kappa shape index (κ3) is 4.49. The van der Waals surface area contributed by atoms with Crippen LogP contribution >= 0.6 is 11.3 Å². The zero-order chi connectivity index (χ0) is 15.4. The largest absolute Gasteiger partial charge is 0.343 e. The summed E-state index contributed by atoms with van der Waals surface area (Å²) in [7, 11) is 0. The number of anilines is 1. The van der Waals surface area contributed by atoms with Gasteiger partial charge in [-0.1, -0.05) is 25.2 Å². The average Bonchev–Trinajstić information content (AvgIpc) is 2.85. The van der Waals surface area contributed by atoms with Gasteiger partial charge in [0.05, 0.1) is 0 Å². The molecule has 0 aliphatic carbocycles. The molecule has 1 saturated heterocycles. The summed E-state index contributed by atoms with van der Waals surface area (Å²) in [4.78, 5) is 25.3. The minimum absolute atomic E-state index is 0.00884. The number of amides is 2. The quantitative estimate of drug-likeness (QED) is 0.922. The normalized spacial score (nSPS) is 16.3. The van der Waals surface area contributed by atoms with Crippen molar-refractivity contribution < 1.29 is 9.59 Å². The van der Waals surface area contributed by atoms with E-state index in [0.29, 0.717) is 37.0 Å². The first-order valence-corrected chi connectivity index (χ1v) is 8.16. The van der Waals surface area contributed by atoms with Gasteiger partial charge in [0.25, 0.3) is 0 Å². The minimum Gasteiger partial charge on any atom is -0.343 e. The third-order valence-corrected chi connectivity index (χ3v) is 4.45. The maximum atomic E-state index is 12.2. The summed E-state index contributed by atoms with van der Waals surface area (Å²) < 4.78 is 0. The van der Waals surface area contributed by atoms with E-state index in [0.717, 1.165) is 11.4 Å². The summed E-state index contributed by atoms with van der Waals surface area (Å²) in [5, 5.41) is 12.5. The smallest absolute Gasteiger partial charge is 0.229 e. The number of nitrogens with one attached hydrogen (secondary N) is 1. The van der Waals surface area contributed by atoms with E-state index in [9.17, 15) is 9.59 Å². The van der Waals surface area contributed by atoms with Crippen molar-refractivity contribution in [3.05, 3.63) is 5.01 Å². The highest BCUT2D eigenvalue weighted by Crippen LogP contribution is 2.22. The molecule has 6 nitrogen and oxygen atoms in total. The minimum atomic E-state index is -0.0435. The zero-order valence-electron chi connectivity index (χ0n) is 12.8. The van der Waals surface area contributed by atoms with Crippen LogP contribution in [0.1, 0.15) is 38.6 Å². The van der Waals surface area contributed by atoms with Crippen molar-refractivity contribution in [1.29, 1.82) is 0 Å². The van der Waals surface area contributed by atoms with E-state index < -0.39 is 0 Å². The molecule has 0 unspecified atom stereocenters. The van der Waals surface area contributed by atoms with E-state index >= 15 is 0 Å². The molecule has 1 fully saturated rings. The van der Waals surface area contributed by atoms with Crippen LogP contribution in [0.5, 0.6) is 0 Å². The molecular formula is C14H22N4O2S. The van der Waals surface area contributed by atoms with Crippen molar-refractivity contribution in [3.8, 4) is 0 Å². The Labute approximate surface area is 128 Å². The first kappa shape index (κ1) is 15.9. The van der Waals surface area contributed by atoms with Gasteiger partial charge in [0, 0.05) is 32.4 Å². The Kier molecular flexibility index (Phi) is 5.27. The van der Waals surface area contributed by atoms with Gasteiger partial charge >= 0.3 is 0 Å². The number of carbonyl (C=O) groups is 2. The Bertz CT molecular complexity index is 507. The average molecular weight is 310 g/mol. The van der Waals surface area contributed by atoms with E-state index in [2.05, 4.69) is 29.4 Å². The first-order valence-electron chi connectivity index (χ1n) is 7.34. The topological polar surface area (TPSA) is 75.2 Å². The number of nitrogens with zero attached hydrogens (tertiary/aromatic N) is 3. The van der Waals surface area contributed by atoms with E-state index in [1.807, 2.05) is 0 Å². The van der Waals surface area contributed by atoms with Crippen LogP contribution in [-0.2, 0) is 16.0 Å². The highest BCUT2D eigenvalue weighted by molar-refractivity contribution is 7.15. The summed E-state index contributed by atoms with van der Waals surface area (Å²) in [6.07, 6.45) is 2.30. The summed E-state index contributed by atoms with van der Waals surface area (Å²) in [5.74, 6) is 0.553. The van der Waals surface area contributed by atoms with Crippen LogP contribution < -0.4 is 5.32 Å². The number of piperidine rings is 1. The Hall–Kier alpha value is -1.50. The molecule has 1 aliphatic rings. The fourth-order valence-electron chi connectivity index (χ4n) is 2.40. The lowest BCUT2D eigenvalue weighted by atomic mass is 9.96. The van der Waals surface area contributed by atoms with Crippen LogP contribution in [0.25, 0.3) is 0 Å². The van der Waals surface area contributed by atoms with Crippen LogP contribution in [0.3, 0.4) is 0 Å². The lowest BCUT2D eigenvalue weighted by Gasteiger charge is -2.30. The van der Waals surface area contributed by atoms with Gasteiger partial charge in [-0.25, -0.2) is 0 Å². The lowest BCUT2D eigenvalue weighted by Crippen LogP contribution is -2.40. The fourth-order valence-corrected chi connectivity index (χ4v) is 3.35. The number of hydrogen-bond donors (Lipinski definition) is 1. The SMILES string of the molecule is CC(=O)N1CCC(C(=O)Nc2nnc(CC(C)C)s2)CC1. The van der Waals surface area contributed by atoms with Gasteiger partial charge in [-0.05, 0) is 18.8 Å². The van der Waals surface area contributed by atoms with Gasteiger partial charge in [0.15, 0.2) is 0 Å². The second kappa shape index (κ2) is 6.98. The standard InChI is InChI=1S/C14H22N4O2S/c1-9(2)8-12-16-17-14(21-12)15-13(20)11-4-6-18(7-5-11)10(3)19/h9,11H,4-8H2,1-3H3,(H,15,17,20). The van der Waals surface area contributed by atoms with Crippen LogP contribution in [0.4, 0.5) is 5.13 Å². The second-order valence-electron chi connectivity index (χ2n) is 5.87. The number of hydrogen-bond acceptors (Lipinski definition) is 5. The Morgan fingerprint density at radius 2 is 2.00 bits per heavy atom. The molecule has 1 N–H and O–H groups in total. The molecule has 116 valence electrons. The zero-order valence-corrected chi connectivity index (χ0v) is 13.6. The molecule has 0 bridgehead atoms. The van der Waals surface area contributed by atoms with E-state index in [1.54, 1.807) is 11.8 Å². The van der Waals surface area contributed by atoms with Gasteiger partial charge in [-0.3, -0.25) is 9.59 Å². The molecule has 0 aromatic carbocycles. The van der Waals surface area contributed by atoms with E-state index in [4.69, 9.17) is 0 Å². The maximum absolute atomic E-state index is 12.2. The van der Waals surface area contributed by atoms with Crippen LogP contribution in [0.15, 0.2) is 0 Å². The number of rotatable bonds is 4. The fraction of sp³-hybridized carbons (Fsp3) is 0.714. The molecule has 7 heteroatoms. The monoisotopic (exact) mass is 310 g/mol. The molecule has 0 saturated carbocycles. The van der Waals surface area contributed by atoms with Crippen LogP contribution in [-0.4, -0.2) is 40.0 Å². The summed E-state index contributed by atoms with van der Waals surface area (Å²) in [5.41, 5.74) is 0. The van der Waals surface area contributed by atoms with Crippen molar-refractivity contribution in [2.75, 3.05) is 18.4 Å². The predicted octanol–water partition coefficient (Wildman–Crippen LogP) is 1.93.